The first-order valence-corrected chi connectivity index (χ1v) is 5.51. The number of rotatable bonds is 3. The predicted octanol–water partition coefficient (Wildman–Crippen LogP) is 1.90. The lowest BCUT2D eigenvalue weighted by molar-refractivity contribution is 0.769. The molecule has 2 aromatic rings. The minimum Gasteiger partial charge on any atom is -0.330 e. The van der Waals surface area contributed by atoms with Crippen molar-refractivity contribution in [1.82, 2.24) is 9.78 Å². The number of hydrogen-bond donors (Lipinski definition) is 1. The molecule has 0 atom stereocenters. The van der Waals surface area contributed by atoms with Crippen molar-refractivity contribution in [3.8, 4) is 11.3 Å². The van der Waals surface area contributed by atoms with E-state index in [1.807, 2.05) is 23.9 Å². The average molecular weight is 215 g/mol. The Morgan fingerprint density at radius 2 is 2.06 bits per heavy atom. The zero-order chi connectivity index (χ0) is 11.5. The van der Waals surface area contributed by atoms with E-state index in [1.54, 1.807) is 0 Å². The molecular weight excluding hydrogens is 198 g/mol. The van der Waals surface area contributed by atoms with Gasteiger partial charge in [-0.1, -0.05) is 24.3 Å². The molecule has 0 aliphatic rings. The highest BCUT2D eigenvalue weighted by molar-refractivity contribution is 5.66. The largest absolute Gasteiger partial charge is 0.330 e. The Kier molecular flexibility index (Phi) is 3.06. The second-order valence-corrected chi connectivity index (χ2v) is 4.03. The minimum atomic E-state index is 0.657. The molecular formula is C13H17N3. The lowest BCUT2D eigenvalue weighted by Crippen LogP contribution is -2.03. The molecule has 0 bridgehead atoms. The van der Waals surface area contributed by atoms with Crippen LogP contribution in [0.1, 0.15) is 11.1 Å². The van der Waals surface area contributed by atoms with E-state index in [-0.39, 0.29) is 0 Å². The van der Waals surface area contributed by atoms with Gasteiger partial charge in [-0.05, 0) is 31.0 Å². The average Bonchev–Trinajstić information content (AvgIpc) is 2.61. The third-order valence-electron chi connectivity index (χ3n) is 2.72. The van der Waals surface area contributed by atoms with Gasteiger partial charge >= 0.3 is 0 Å². The lowest BCUT2D eigenvalue weighted by atomic mass is 10.0. The smallest absolute Gasteiger partial charge is 0.0958 e. The summed E-state index contributed by atoms with van der Waals surface area (Å²) in [6, 6.07) is 8.31. The zero-order valence-electron chi connectivity index (χ0n) is 9.77. The molecule has 0 saturated carbocycles. The predicted molar refractivity (Wildman–Crippen MR) is 66.1 cm³/mol. The normalized spacial score (nSPS) is 10.7. The van der Waals surface area contributed by atoms with Crippen molar-refractivity contribution >= 4 is 0 Å². The summed E-state index contributed by atoms with van der Waals surface area (Å²) in [7, 11) is 1.95. The Hall–Kier alpha value is -1.61. The van der Waals surface area contributed by atoms with Crippen LogP contribution in [0.4, 0.5) is 0 Å². The van der Waals surface area contributed by atoms with Crippen molar-refractivity contribution in [2.45, 2.75) is 13.3 Å². The van der Waals surface area contributed by atoms with E-state index in [9.17, 15) is 0 Å². The van der Waals surface area contributed by atoms with E-state index >= 15 is 0 Å². The number of aromatic nitrogens is 2. The van der Waals surface area contributed by atoms with Gasteiger partial charge in [-0.15, -0.1) is 0 Å². The summed E-state index contributed by atoms with van der Waals surface area (Å²) >= 11 is 0. The first kappa shape index (κ1) is 10.9. The van der Waals surface area contributed by atoms with Crippen molar-refractivity contribution in [2.75, 3.05) is 6.54 Å². The fourth-order valence-corrected chi connectivity index (χ4v) is 1.94. The van der Waals surface area contributed by atoms with Crippen LogP contribution in [0.3, 0.4) is 0 Å². The number of nitrogens with two attached hydrogens (primary N) is 1. The van der Waals surface area contributed by atoms with E-state index in [0.29, 0.717) is 6.54 Å². The van der Waals surface area contributed by atoms with Crippen molar-refractivity contribution < 1.29 is 0 Å². The van der Waals surface area contributed by atoms with Gasteiger partial charge in [0.15, 0.2) is 0 Å². The third kappa shape index (κ3) is 1.99. The number of benzene rings is 1. The SMILES string of the molecule is Cc1ccccc1-c1nn(C)cc1CCN. The second kappa shape index (κ2) is 4.49. The van der Waals surface area contributed by atoms with E-state index in [2.05, 4.69) is 30.4 Å². The molecule has 1 heterocycles. The maximum atomic E-state index is 5.62. The molecule has 0 aliphatic carbocycles. The third-order valence-corrected chi connectivity index (χ3v) is 2.72. The number of aryl methyl sites for hydroxylation is 2. The van der Waals surface area contributed by atoms with Crippen LogP contribution in [0.25, 0.3) is 11.3 Å². The zero-order valence-corrected chi connectivity index (χ0v) is 9.77. The van der Waals surface area contributed by atoms with E-state index in [0.717, 1.165) is 12.1 Å². The van der Waals surface area contributed by atoms with Crippen molar-refractivity contribution in [3.05, 3.63) is 41.6 Å². The maximum absolute atomic E-state index is 5.62. The van der Waals surface area contributed by atoms with Crippen molar-refractivity contribution in [3.63, 3.8) is 0 Å². The summed E-state index contributed by atoms with van der Waals surface area (Å²) < 4.78 is 1.85. The second-order valence-electron chi connectivity index (χ2n) is 4.03. The molecule has 0 unspecified atom stereocenters. The molecule has 3 nitrogen and oxygen atoms in total. The summed E-state index contributed by atoms with van der Waals surface area (Å²) in [5.41, 5.74) is 10.4. The molecule has 2 rings (SSSR count). The highest BCUT2D eigenvalue weighted by Gasteiger charge is 2.10. The molecule has 0 amide bonds. The quantitative estimate of drug-likeness (QED) is 0.849. The van der Waals surface area contributed by atoms with Crippen LogP contribution in [0, 0.1) is 6.92 Å². The Labute approximate surface area is 95.9 Å². The summed E-state index contributed by atoms with van der Waals surface area (Å²) in [5, 5.41) is 4.52. The molecule has 0 radical (unpaired) electrons. The molecule has 3 heteroatoms. The molecule has 1 aromatic carbocycles. The van der Waals surface area contributed by atoms with Crippen LogP contribution < -0.4 is 5.73 Å². The van der Waals surface area contributed by atoms with Crippen molar-refractivity contribution in [2.24, 2.45) is 12.8 Å². The number of nitrogens with zero attached hydrogens (tertiary/aromatic N) is 2. The van der Waals surface area contributed by atoms with Gasteiger partial charge in [0, 0.05) is 18.8 Å². The molecule has 0 aliphatic heterocycles. The maximum Gasteiger partial charge on any atom is 0.0958 e. The topological polar surface area (TPSA) is 43.8 Å². The Balaban J connectivity index is 2.51. The monoisotopic (exact) mass is 215 g/mol. The van der Waals surface area contributed by atoms with Crippen LogP contribution in [-0.2, 0) is 13.5 Å². The number of hydrogen-bond acceptors (Lipinski definition) is 2. The first-order chi connectivity index (χ1) is 7.72. The summed E-state index contributed by atoms with van der Waals surface area (Å²) in [4.78, 5) is 0. The van der Waals surface area contributed by atoms with Gasteiger partial charge in [0.25, 0.3) is 0 Å². The van der Waals surface area contributed by atoms with E-state index < -0.39 is 0 Å². The highest BCUT2D eigenvalue weighted by Crippen LogP contribution is 2.25. The summed E-state index contributed by atoms with van der Waals surface area (Å²) in [6.45, 7) is 2.76. The fourth-order valence-electron chi connectivity index (χ4n) is 1.94. The van der Waals surface area contributed by atoms with Crippen LogP contribution in [-0.4, -0.2) is 16.3 Å². The molecule has 0 saturated heterocycles. The Morgan fingerprint density at radius 3 is 2.75 bits per heavy atom. The Morgan fingerprint density at radius 1 is 1.31 bits per heavy atom. The lowest BCUT2D eigenvalue weighted by Gasteiger charge is -2.04. The van der Waals surface area contributed by atoms with E-state index in [4.69, 9.17) is 5.73 Å². The van der Waals surface area contributed by atoms with Crippen molar-refractivity contribution in [1.29, 1.82) is 0 Å². The summed E-state index contributed by atoms with van der Waals surface area (Å²) in [6.07, 6.45) is 2.92. The fraction of sp³-hybridized carbons (Fsp3) is 0.308. The van der Waals surface area contributed by atoms with Gasteiger partial charge in [-0.2, -0.15) is 5.10 Å². The van der Waals surface area contributed by atoms with Crippen LogP contribution in [0.15, 0.2) is 30.5 Å². The van der Waals surface area contributed by atoms with Gasteiger partial charge in [0.05, 0.1) is 5.69 Å². The first-order valence-electron chi connectivity index (χ1n) is 5.51. The van der Waals surface area contributed by atoms with Crippen LogP contribution in [0.2, 0.25) is 0 Å². The van der Waals surface area contributed by atoms with Crippen LogP contribution in [0.5, 0.6) is 0 Å². The standard InChI is InChI=1S/C13H17N3/c1-10-5-3-4-6-12(10)13-11(7-8-14)9-16(2)15-13/h3-6,9H,7-8,14H2,1-2H3. The Bertz CT molecular complexity index is 486. The molecule has 84 valence electrons. The molecule has 1 aromatic heterocycles. The molecule has 0 spiro atoms. The van der Waals surface area contributed by atoms with Crippen LogP contribution >= 0.6 is 0 Å². The van der Waals surface area contributed by atoms with Gasteiger partial charge in [0.1, 0.15) is 0 Å². The molecule has 0 fully saturated rings. The van der Waals surface area contributed by atoms with E-state index in [1.165, 1.54) is 16.7 Å². The van der Waals surface area contributed by atoms with Gasteiger partial charge < -0.3 is 5.73 Å². The highest BCUT2D eigenvalue weighted by atomic mass is 15.2. The summed E-state index contributed by atoms with van der Waals surface area (Å²) in [5.74, 6) is 0. The van der Waals surface area contributed by atoms with Gasteiger partial charge in [-0.25, -0.2) is 0 Å². The molecule has 2 N–H and O–H groups in total. The van der Waals surface area contributed by atoms with Gasteiger partial charge in [-0.3, -0.25) is 4.68 Å². The molecule has 16 heavy (non-hydrogen) atoms. The van der Waals surface area contributed by atoms with Gasteiger partial charge in [0.2, 0.25) is 0 Å². The minimum absolute atomic E-state index is 0.657.